The van der Waals surface area contributed by atoms with Crippen molar-refractivity contribution in [3.8, 4) is 0 Å². The third kappa shape index (κ3) is 5.94. The van der Waals surface area contributed by atoms with Gasteiger partial charge in [0.05, 0.1) is 11.6 Å². The smallest absolute Gasteiger partial charge is 0.338 e. The molecule has 0 bridgehead atoms. The Bertz CT molecular complexity index is 712. The molecule has 0 unspecified atom stereocenters. The van der Waals surface area contributed by atoms with E-state index < -0.39 is 46.9 Å². The van der Waals surface area contributed by atoms with Gasteiger partial charge in [-0.05, 0) is 19.1 Å². The molecule has 152 valence electrons. The highest BCUT2D eigenvalue weighted by atomic mass is 32.2. The minimum absolute atomic E-state index is 0.152. The summed E-state index contributed by atoms with van der Waals surface area (Å²) in [7, 11) is -3.33. The number of methoxy groups -OCH3 is 1. The van der Waals surface area contributed by atoms with Crippen LogP contribution in [-0.2, 0) is 29.3 Å². The van der Waals surface area contributed by atoms with Crippen LogP contribution in [0.2, 0.25) is 0 Å². The van der Waals surface area contributed by atoms with Gasteiger partial charge in [0.25, 0.3) is 0 Å². The minimum atomic E-state index is -4.62. The minimum Gasteiger partial charge on any atom is -0.459 e. The Morgan fingerprint density at radius 2 is 1.93 bits per heavy atom. The molecular formula is C16H23NO9S. The summed E-state index contributed by atoms with van der Waals surface area (Å²) in [5, 5.41) is 10.2. The molecule has 27 heavy (non-hydrogen) atoms. The van der Waals surface area contributed by atoms with Crippen LogP contribution >= 0.6 is 0 Å². The molecule has 0 spiro atoms. The molecule has 0 aliphatic carbocycles. The second kappa shape index (κ2) is 9.55. The number of aliphatic hydroxyl groups is 1. The molecule has 0 aromatic heterocycles. The highest BCUT2D eigenvalue weighted by Crippen LogP contribution is 2.25. The van der Waals surface area contributed by atoms with Crippen molar-refractivity contribution in [2.75, 3.05) is 20.3 Å². The number of benzene rings is 1. The van der Waals surface area contributed by atoms with E-state index in [1.165, 1.54) is 7.11 Å². The number of ether oxygens (including phenoxy) is 4. The standard InChI is InChI=1S/C16H23NO9S/c1-3-24-14-12(17-27(20,21)22)13(23-2)11(26-16(14)19)9-25-15(18)10-7-5-4-6-8-10/h4-8,11-14,16-17,19H,3,9H2,1-2H3,(H,20,21,22)/t11-,12+,13-,14+,16+/m1/s1. The number of hydrogen-bond acceptors (Lipinski definition) is 8. The van der Waals surface area contributed by atoms with E-state index in [4.69, 9.17) is 23.5 Å². The first-order chi connectivity index (χ1) is 12.8. The fourth-order valence-electron chi connectivity index (χ4n) is 2.86. The molecule has 1 aromatic carbocycles. The molecule has 11 heteroatoms. The zero-order chi connectivity index (χ0) is 20.0. The Morgan fingerprint density at radius 3 is 2.48 bits per heavy atom. The maximum Gasteiger partial charge on any atom is 0.338 e. The summed E-state index contributed by atoms with van der Waals surface area (Å²) >= 11 is 0. The van der Waals surface area contributed by atoms with Crippen LogP contribution in [0.1, 0.15) is 17.3 Å². The summed E-state index contributed by atoms with van der Waals surface area (Å²) in [6, 6.07) is 7.07. The van der Waals surface area contributed by atoms with Gasteiger partial charge in [-0.1, -0.05) is 18.2 Å². The number of rotatable bonds is 8. The van der Waals surface area contributed by atoms with Gasteiger partial charge >= 0.3 is 16.3 Å². The van der Waals surface area contributed by atoms with Crippen LogP contribution in [0, 0.1) is 0 Å². The van der Waals surface area contributed by atoms with E-state index in [1.807, 2.05) is 4.72 Å². The average molecular weight is 405 g/mol. The molecule has 1 aliphatic heterocycles. The summed E-state index contributed by atoms with van der Waals surface area (Å²) in [5.41, 5.74) is 0.322. The lowest BCUT2D eigenvalue weighted by molar-refractivity contribution is -0.273. The van der Waals surface area contributed by atoms with Crippen LogP contribution in [0.4, 0.5) is 0 Å². The van der Waals surface area contributed by atoms with Gasteiger partial charge in [-0.15, -0.1) is 0 Å². The van der Waals surface area contributed by atoms with E-state index in [2.05, 4.69) is 0 Å². The number of aliphatic hydroxyl groups excluding tert-OH is 1. The number of carbonyl (C=O) groups is 1. The molecule has 0 saturated carbocycles. The number of carbonyl (C=O) groups excluding carboxylic acids is 1. The number of esters is 1. The van der Waals surface area contributed by atoms with Gasteiger partial charge in [-0.3, -0.25) is 4.55 Å². The number of nitrogens with one attached hydrogen (secondary N) is 1. The van der Waals surface area contributed by atoms with Crippen molar-refractivity contribution in [3.05, 3.63) is 35.9 Å². The molecular weight excluding hydrogens is 382 g/mol. The largest absolute Gasteiger partial charge is 0.459 e. The Balaban J connectivity index is 2.14. The van der Waals surface area contributed by atoms with Gasteiger partial charge in [-0.25, -0.2) is 4.79 Å². The maximum absolute atomic E-state index is 12.1. The van der Waals surface area contributed by atoms with Crippen molar-refractivity contribution in [1.29, 1.82) is 0 Å². The summed E-state index contributed by atoms with van der Waals surface area (Å²) < 4.78 is 54.9. The highest BCUT2D eigenvalue weighted by Gasteiger charge is 2.48. The normalized spacial score (nSPS) is 28.7. The molecule has 1 fully saturated rings. The Kier molecular flexibility index (Phi) is 7.68. The first-order valence-electron chi connectivity index (χ1n) is 8.21. The van der Waals surface area contributed by atoms with Crippen LogP contribution in [-0.4, -0.2) is 75.0 Å². The molecule has 0 amide bonds. The van der Waals surface area contributed by atoms with Crippen molar-refractivity contribution in [2.45, 2.75) is 37.6 Å². The van der Waals surface area contributed by atoms with Gasteiger partial charge in [0, 0.05) is 13.7 Å². The van der Waals surface area contributed by atoms with Gasteiger partial charge in [0.2, 0.25) is 0 Å². The van der Waals surface area contributed by atoms with Gasteiger partial charge in [-0.2, -0.15) is 13.1 Å². The Morgan fingerprint density at radius 1 is 1.26 bits per heavy atom. The summed E-state index contributed by atoms with van der Waals surface area (Å²) in [6.07, 6.45) is -4.68. The van der Waals surface area contributed by atoms with Crippen LogP contribution in [0.5, 0.6) is 0 Å². The molecule has 1 aliphatic rings. The zero-order valence-corrected chi connectivity index (χ0v) is 15.7. The van der Waals surface area contributed by atoms with Crippen LogP contribution < -0.4 is 4.72 Å². The SMILES string of the molecule is CCO[C@H]1[C@@H](NS(=O)(=O)O)[C@H](OC)[C@@H](COC(=O)c2ccccc2)O[C@@H]1O. The molecule has 3 N–H and O–H groups in total. The first-order valence-corrected chi connectivity index (χ1v) is 9.65. The highest BCUT2D eigenvalue weighted by molar-refractivity contribution is 7.83. The molecule has 0 radical (unpaired) electrons. The van der Waals surface area contributed by atoms with Gasteiger partial charge < -0.3 is 24.1 Å². The molecule has 1 saturated heterocycles. The quantitative estimate of drug-likeness (QED) is 0.394. The molecule has 10 nitrogen and oxygen atoms in total. The Hall–Kier alpha value is -1.60. The number of hydrogen-bond donors (Lipinski definition) is 3. The van der Waals surface area contributed by atoms with E-state index in [-0.39, 0.29) is 13.2 Å². The van der Waals surface area contributed by atoms with E-state index in [9.17, 15) is 18.3 Å². The summed E-state index contributed by atoms with van der Waals surface area (Å²) in [6.45, 7) is 1.48. The first kappa shape index (κ1) is 21.7. The van der Waals surface area contributed by atoms with Gasteiger partial charge in [0.1, 0.15) is 24.9 Å². The second-order valence-electron chi connectivity index (χ2n) is 5.77. The third-order valence-corrected chi connectivity index (χ3v) is 4.54. The Labute approximate surface area is 157 Å². The van der Waals surface area contributed by atoms with Crippen LogP contribution in [0.3, 0.4) is 0 Å². The van der Waals surface area contributed by atoms with Crippen LogP contribution in [0.15, 0.2) is 30.3 Å². The summed E-state index contributed by atoms with van der Waals surface area (Å²) in [5.74, 6) is -0.616. The van der Waals surface area contributed by atoms with Crippen molar-refractivity contribution < 1.29 is 41.8 Å². The maximum atomic E-state index is 12.1. The lowest BCUT2D eigenvalue weighted by Crippen LogP contribution is -2.65. The monoisotopic (exact) mass is 405 g/mol. The fourth-order valence-corrected chi connectivity index (χ4v) is 3.47. The lowest BCUT2D eigenvalue weighted by Gasteiger charge is -2.43. The van der Waals surface area contributed by atoms with E-state index in [0.29, 0.717) is 5.56 Å². The molecule has 1 aromatic rings. The van der Waals surface area contributed by atoms with Crippen LogP contribution in [0.25, 0.3) is 0 Å². The average Bonchev–Trinajstić information content (AvgIpc) is 2.62. The third-order valence-electron chi connectivity index (χ3n) is 3.97. The predicted octanol–water partition coefficient (Wildman–Crippen LogP) is -0.258. The topological polar surface area (TPSA) is 141 Å². The van der Waals surface area contributed by atoms with E-state index >= 15 is 0 Å². The fraction of sp³-hybridized carbons (Fsp3) is 0.562. The van der Waals surface area contributed by atoms with Crippen molar-refractivity contribution in [2.24, 2.45) is 0 Å². The molecule has 1 heterocycles. The van der Waals surface area contributed by atoms with Crippen molar-refractivity contribution in [3.63, 3.8) is 0 Å². The van der Waals surface area contributed by atoms with Gasteiger partial charge in [0.15, 0.2) is 6.29 Å². The lowest BCUT2D eigenvalue weighted by atomic mass is 9.97. The van der Waals surface area contributed by atoms with E-state index in [0.717, 1.165) is 0 Å². The molecule has 2 rings (SSSR count). The molecule has 5 atom stereocenters. The summed E-state index contributed by atoms with van der Waals surface area (Å²) in [4.78, 5) is 12.1. The van der Waals surface area contributed by atoms with Crippen molar-refractivity contribution in [1.82, 2.24) is 4.72 Å². The van der Waals surface area contributed by atoms with E-state index in [1.54, 1.807) is 37.3 Å². The predicted molar refractivity (Wildman–Crippen MR) is 92.3 cm³/mol. The van der Waals surface area contributed by atoms with Crippen molar-refractivity contribution >= 4 is 16.3 Å². The second-order valence-corrected chi connectivity index (χ2v) is 6.95. The zero-order valence-electron chi connectivity index (χ0n) is 14.8.